The molecule has 2 rings (SSSR count). The third-order valence-corrected chi connectivity index (χ3v) is 5.98. The normalized spacial score (nSPS) is 11.9. The van der Waals surface area contributed by atoms with Gasteiger partial charge in [-0.05, 0) is 47.7 Å². The van der Waals surface area contributed by atoms with E-state index in [0.29, 0.717) is 29.7 Å². The Hall–Kier alpha value is -2.05. The second kappa shape index (κ2) is 12.7. The first-order chi connectivity index (χ1) is 14.8. The summed E-state index contributed by atoms with van der Waals surface area (Å²) < 4.78 is 13.3. The van der Waals surface area contributed by atoms with E-state index in [1.807, 2.05) is 45.0 Å². The zero-order chi connectivity index (χ0) is 22.8. The quantitative estimate of drug-likeness (QED) is 0.491. The van der Waals surface area contributed by atoms with Crippen molar-refractivity contribution in [3.63, 3.8) is 0 Å². The molecule has 2 aromatic rings. The SMILES string of the molecule is CC[C@@H](C(=O)NCC(C)C)N(Cc1ccc(F)cc1)C(=O)CSCc1ccc(Cl)cc1. The van der Waals surface area contributed by atoms with Crippen LogP contribution in [0.15, 0.2) is 48.5 Å². The molecule has 0 heterocycles. The van der Waals surface area contributed by atoms with Crippen LogP contribution in [0.25, 0.3) is 0 Å². The monoisotopic (exact) mass is 464 g/mol. The third-order valence-electron chi connectivity index (χ3n) is 4.74. The molecule has 4 nitrogen and oxygen atoms in total. The number of thioether (sulfide) groups is 1. The molecule has 0 aliphatic carbocycles. The maximum absolute atomic E-state index is 13.3. The predicted octanol–water partition coefficient (Wildman–Crippen LogP) is 5.29. The molecule has 0 unspecified atom stereocenters. The van der Waals surface area contributed by atoms with E-state index < -0.39 is 6.04 Å². The lowest BCUT2D eigenvalue weighted by Crippen LogP contribution is -2.50. The van der Waals surface area contributed by atoms with Gasteiger partial charge in [0.25, 0.3) is 0 Å². The minimum Gasteiger partial charge on any atom is -0.354 e. The fourth-order valence-corrected chi connectivity index (χ4v) is 4.04. The predicted molar refractivity (Wildman–Crippen MR) is 126 cm³/mol. The van der Waals surface area contributed by atoms with Crippen LogP contribution in [0.4, 0.5) is 4.39 Å². The molecule has 0 fully saturated rings. The average molecular weight is 465 g/mol. The smallest absolute Gasteiger partial charge is 0.242 e. The van der Waals surface area contributed by atoms with Crippen LogP contribution in [0, 0.1) is 11.7 Å². The topological polar surface area (TPSA) is 49.4 Å². The number of hydrogen-bond acceptors (Lipinski definition) is 3. The minimum absolute atomic E-state index is 0.116. The van der Waals surface area contributed by atoms with Crippen molar-refractivity contribution in [1.82, 2.24) is 10.2 Å². The highest BCUT2D eigenvalue weighted by molar-refractivity contribution is 7.99. The Morgan fingerprint density at radius 3 is 2.26 bits per heavy atom. The van der Waals surface area contributed by atoms with Gasteiger partial charge in [-0.1, -0.05) is 56.6 Å². The summed E-state index contributed by atoms with van der Waals surface area (Å²) in [7, 11) is 0. The Balaban J connectivity index is 2.10. The molecule has 0 saturated heterocycles. The summed E-state index contributed by atoms with van der Waals surface area (Å²) in [6.45, 7) is 6.75. The van der Waals surface area contributed by atoms with Gasteiger partial charge in [0.2, 0.25) is 11.8 Å². The van der Waals surface area contributed by atoms with E-state index in [2.05, 4.69) is 5.32 Å². The number of benzene rings is 2. The zero-order valence-electron chi connectivity index (χ0n) is 18.2. The van der Waals surface area contributed by atoms with Crippen LogP contribution >= 0.6 is 23.4 Å². The highest BCUT2D eigenvalue weighted by Crippen LogP contribution is 2.19. The van der Waals surface area contributed by atoms with Crippen molar-refractivity contribution >= 4 is 35.2 Å². The molecule has 2 aromatic carbocycles. The number of hydrogen-bond donors (Lipinski definition) is 1. The summed E-state index contributed by atoms with van der Waals surface area (Å²) in [4.78, 5) is 27.6. The van der Waals surface area contributed by atoms with E-state index in [9.17, 15) is 14.0 Å². The van der Waals surface area contributed by atoms with Crippen LogP contribution in [-0.2, 0) is 21.9 Å². The van der Waals surface area contributed by atoms with Crippen molar-refractivity contribution < 1.29 is 14.0 Å². The summed E-state index contributed by atoms with van der Waals surface area (Å²) in [6, 6.07) is 13.0. The van der Waals surface area contributed by atoms with Crippen LogP contribution in [-0.4, -0.2) is 35.1 Å². The molecule has 7 heteroatoms. The first-order valence-corrected chi connectivity index (χ1v) is 12.0. The maximum Gasteiger partial charge on any atom is 0.242 e. The molecule has 0 aliphatic rings. The Morgan fingerprint density at radius 1 is 1.06 bits per heavy atom. The van der Waals surface area contributed by atoms with Crippen LogP contribution in [0.5, 0.6) is 0 Å². The van der Waals surface area contributed by atoms with Crippen LogP contribution in [0.1, 0.15) is 38.3 Å². The molecular weight excluding hydrogens is 435 g/mol. The van der Waals surface area contributed by atoms with Gasteiger partial charge in [-0.2, -0.15) is 0 Å². The Bertz CT molecular complexity index is 844. The Morgan fingerprint density at radius 2 is 1.68 bits per heavy atom. The molecule has 31 heavy (non-hydrogen) atoms. The number of rotatable bonds is 11. The first-order valence-electron chi connectivity index (χ1n) is 10.4. The number of nitrogens with one attached hydrogen (secondary N) is 1. The highest BCUT2D eigenvalue weighted by atomic mass is 35.5. The lowest BCUT2D eigenvalue weighted by molar-refractivity contribution is -0.139. The lowest BCUT2D eigenvalue weighted by atomic mass is 10.1. The van der Waals surface area contributed by atoms with Crippen LogP contribution < -0.4 is 5.32 Å². The van der Waals surface area contributed by atoms with E-state index in [-0.39, 0.29) is 29.9 Å². The van der Waals surface area contributed by atoms with Crippen LogP contribution in [0.2, 0.25) is 5.02 Å². The Labute approximate surface area is 193 Å². The van der Waals surface area contributed by atoms with Gasteiger partial charge in [-0.15, -0.1) is 11.8 Å². The fraction of sp³-hybridized carbons (Fsp3) is 0.417. The number of carbonyl (C=O) groups excluding carboxylic acids is 2. The number of amides is 2. The van der Waals surface area contributed by atoms with Gasteiger partial charge in [0.05, 0.1) is 5.75 Å². The van der Waals surface area contributed by atoms with Crippen molar-refractivity contribution in [2.24, 2.45) is 5.92 Å². The van der Waals surface area contributed by atoms with E-state index in [0.717, 1.165) is 11.1 Å². The van der Waals surface area contributed by atoms with E-state index in [1.165, 1.54) is 23.9 Å². The fourth-order valence-electron chi connectivity index (χ4n) is 3.05. The standard InChI is InChI=1S/C24H30ClFN2O2S/c1-4-22(24(30)27-13-17(2)3)28(14-18-7-11-21(26)12-8-18)23(29)16-31-15-19-5-9-20(25)10-6-19/h5-12,17,22H,4,13-16H2,1-3H3,(H,27,30)/t22-/m0/s1. The van der Waals surface area contributed by atoms with Crippen molar-refractivity contribution in [3.8, 4) is 0 Å². The molecule has 2 amide bonds. The molecule has 0 radical (unpaired) electrons. The molecule has 1 N–H and O–H groups in total. The summed E-state index contributed by atoms with van der Waals surface area (Å²) in [5, 5.41) is 3.61. The molecule has 168 valence electrons. The van der Waals surface area contributed by atoms with E-state index >= 15 is 0 Å². The largest absolute Gasteiger partial charge is 0.354 e. The van der Waals surface area contributed by atoms with Crippen molar-refractivity contribution in [3.05, 3.63) is 70.5 Å². The second-order valence-electron chi connectivity index (χ2n) is 7.83. The van der Waals surface area contributed by atoms with E-state index in [4.69, 9.17) is 11.6 Å². The number of carbonyl (C=O) groups is 2. The summed E-state index contributed by atoms with van der Waals surface area (Å²) in [5.41, 5.74) is 1.86. The number of nitrogens with zero attached hydrogens (tertiary/aromatic N) is 1. The van der Waals surface area contributed by atoms with Crippen molar-refractivity contribution in [2.75, 3.05) is 12.3 Å². The second-order valence-corrected chi connectivity index (χ2v) is 9.25. The molecular formula is C24H30ClFN2O2S. The molecule has 0 aliphatic heterocycles. The zero-order valence-corrected chi connectivity index (χ0v) is 19.8. The van der Waals surface area contributed by atoms with Gasteiger partial charge >= 0.3 is 0 Å². The highest BCUT2D eigenvalue weighted by Gasteiger charge is 2.28. The molecule has 0 aromatic heterocycles. The van der Waals surface area contributed by atoms with Gasteiger partial charge in [0, 0.05) is 23.9 Å². The van der Waals surface area contributed by atoms with Crippen molar-refractivity contribution in [1.29, 1.82) is 0 Å². The van der Waals surface area contributed by atoms with Gasteiger partial charge < -0.3 is 10.2 Å². The molecule has 1 atom stereocenters. The molecule has 0 saturated carbocycles. The summed E-state index contributed by atoms with van der Waals surface area (Å²) in [5.74, 6) is 0.630. The van der Waals surface area contributed by atoms with Gasteiger partial charge in [0.1, 0.15) is 11.9 Å². The Kier molecular flexibility index (Phi) is 10.3. The average Bonchev–Trinajstić information content (AvgIpc) is 2.74. The minimum atomic E-state index is -0.576. The lowest BCUT2D eigenvalue weighted by Gasteiger charge is -2.31. The van der Waals surface area contributed by atoms with Gasteiger partial charge in [0.15, 0.2) is 0 Å². The van der Waals surface area contributed by atoms with Gasteiger partial charge in [-0.25, -0.2) is 4.39 Å². The number of halogens is 2. The third kappa shape index (κ3) is 8.54. The van der Waals surface area contributed by atoms with Crippen LogP contribution in [0.3, 0.4) is 0 Å². The van der Waals surface area contributed by atoms with E-state index in [1.54, 1.807) is 17.0 Å². The van der Waals surface area contributed by atoms with Crippen molar-refractivity contribution in [2.45, 2.75) is 45.5 Å². The maximum atomic E-state index is 13.3. The molecule has 0 bridgehead atoms. The summed E-state index contributed by atoms with van der Waals surface area (Å²) >= 11 is 7.41. The summed E-state index contributed by atoms with van der Waals surface area (Å²) in [6.07, 6.45) is 0.499. The molecule has 0 spiro atoms. The van der Waals surface area contributed by atoms with Gasteiger partial charge in [-0.3, -0.25) is 9.59 Å². The first kappa shape index (κ1) is 25.2.